The van der Waals surface area contributed by atoms with Gasteiger partial charge in [0, 0.05) is 6.42 Å². The summed E-state index contributed by atoms with van der Waals surface area (Å²) in [6, 6.07) is -0.252. The summed E-state index contributed by atoms with van der Waals surface area (Å²) in [7, 11) is 2.90. The van der Waals surface area contributed by atoms with Crippen LogP contribution < -0.4 is 5.09 Å². The SMILES string of the molecule is C[C@H](CC(=O)[C@H](C)NPP)C(=O)O. The van der Waals surface area contributed by atoms with Crippen LogP contribution in [-0.2, 0) is 9.59 Å². The van der Waals surface area contributed by atoms with Crippen molar-refractivity contribution >= 4 is 29.1 Å². The average Bonchev–Trinajstić information content (AvgIpc) is 2.04. The van der Waals surface area contributed by atoms with E-state index in [4.69, 9.17) is 5.11 Å². The molecule has 4 atom stereocenters. The Morgan fingerprint density at radius 1 is 1.54 bits per heavy atom. The predicted octanol–water partition coefficient (Wildman–Crippen LogP) is 1.03. The normalized spacial score (nSPS) is 15.9. The van der Waals surface area contributed by atoms with E-state index in [-0.39, 0.29) is 18.2 Å². The Bertz CT molecular complexity index is 198. The maximum Gasteiger partial charge on any atom is 0.306 e. The predicted molar refractivity (Wildman–Crippen MR) is 57.0 cm³/mol. The highest BCUT2D eigenvalue weighted by molar-refractivity contribution is 8.01. The first-order valence-corrected chi connectivity index (χ1v) is 6.76. The standard InChI is InChI=1S/C7H15NO3P2/c1-4(7(10)11)3-6(9)5(2)8-13-12/h4-5,8,13H,3,12H2,1-2H3,(H,10,11)/t4-,5+/m1/s1. The van der Waals surface area contributed by atoms with Crippen molar-refractivity contribution in [2.75, 3.05) is 0 Å². The largest absolute Gasteiger partial charge is 0.481 e. The van der Waals surface area contributed by atoms with Crippen molar-refractivity contribution < 1.29 is 14.7 Å². The zero-order valence-electron chi connectivity index (χ0n) is 7.70. The fourth-order valence-electron chi connectivity index (χ4n) is 0.771. The zero-order valence-corrected chi connectivity index (χ0v) is 9.86. The minimum Gasteiger partial charge on any atom is -0.481 e. The molecule has 0 amide bonds. The fraction of sp³-hybridized carbons (Fsp3) is 0.714. The van der Waals surface area contributed by atoms with E-state index in [9.17, 15) is 9.59 Å². The number of carbonyl (C=O) groups is 2. The molecule has 2 unspecified atom stereocenters. The molecule has 0 bridgehead atoms. The Morgan fingerprint density at radius 2 is 2.08 bits per heavy atom. The molecule has 0 aliphatic carbocycles. The molecule has 0 saturated carbocycles. The van der Waals surface area contributed by atoms with Crippen LogP contribution >= 0.6 is 17.3 Å². The van der Waals surface area contributed by atoms with Gasteiger partial charge in [0.2, 0.25) is 0 Å². The minimum atomic E-state index is -0.922. The summed E-state index contributed by atoms with van der Waals surface area (Å²) in [4.78, 5) is 21.8. The minimum absolute atomic E-state index is 0.0511. The van der Waals surface area contributed by atoms with E-state index in [1.807, 2.05) is 0 Å². The van der Waals surface area contributed by atoms with Gasteiger partial charge in [-0.2, -0.15) is 0 Å². The number of ketones is 1. The van der Waals surface area contributed by atoms with Gasteiger partial charge in [0.05, 0.1) is 12.0 Å². The Kier molecular flexibility index (Phi) is 6.40. The van der Waals surface area contributed by atoms with Gasteiger partial charge in [-0.25, -0.2) is 0 Å². The van der Waals surface area contributed by atoms with Crippen molar-refractivity contribution in [1.29, 1.82) is 0 Å². The molecule has 0 aromatic rings. The zero-order chi connectivity index (χ0) is 10.4. The van der Waals surface area contributed by atoms with Crippen LogP contribution in [0.1, 0.15) is 20.3 Å². The molecule has 0 rings (SSSR count). The van der Waals surface area contributed by atoms with E-state index in [0.717, 1.165) is 0 Å². The van der Waals surface area contributed by atoms with Crippen LogP contribution in [0.2, 0.25) is 0 Å². The summed E-state index contributed by atoms with van der Waals surface area (Å²) < 4.78 is 0. The molecule has 0 spiro atoms. The molecule has 0 heterocycles. The highest BCUT2D eigenvalue weighted by Crippen LogP contribution is 2.16. The van der Waals surface area contributed by atoms with Crippen LogP contribution in [-0.4, -0.2) is 22.9 Å². The molecule has 2 N–H and O–H groups in total. The number of hydrogen-bond donors (Lipinski definition) is 2. The van der Waals surface area contributed by atoms with E-state index in [1.165, 1.54) is 6.92 Å². The Labute approximate surface area is 81.8 Å². The molecule has 13 heavy (non-hydrogen) atoms. The number of carbonyl (C=O) groups excluding carboxylic acids is 1. The molecule has 0 radical (unpaired) electrons. The first kappa shape index (κ1) is 13.0. The van der Waals surface area contributed by atoms with Crippen molar-refractivity contribution in [3.05, 3.63) is 0 Å². The van der Waals surface area contributed by atoms with Crippen molar-refractivity contribution in [2.45, 2.75) is 26.3 Å². The van der Waals surface area contributed by atoms with Crippen LogP contribution in [0, 0.1) is 5.92 Å². The smallest absolute Gasteiger partial charge is 0.306 e. The van der Waals surface area contributed by atoms with Crippen molar-refractivity contribution in [3.63, 3.8) is 0 Å². The second kappa shape index (κ2) is 6.42. The molecule has 0 aromatic heterocycles. The van der Waals surface area contributed by atoms with E-state index < -0.39 is 11.9 Å². The molecular formula is C7H15NO3P2. The molecule has 0 aliphatic rings. The Morgan fingerprint density at radius 3 is 2.46 bits per heavy atom. The van der Waals surface area contributed by atoms with Gasteiger partial charge in [-0.3, -0.25) is 14.7 Å². The molecule has 0 fully saturated rings. The fourth-order valence-corrected chi connectivity index (χ4v) is 1.93. The lowest BCUT2D eigenvalue weighted by atomic mass is 10.0. The maximum absolute atomic E-state index is 11.3. The highest BCUT2D eigenvalue weighted by Gasteiger charge is 2.19. The molecule has 6 heteroatoms. The third-order valence-corrected chi connectivity index (χ3v) is 2.81. The average molecular weight is 223 g/mol. The number of rotatable bonds is 6. The molecule has 76 valence electrons. The van der Waals surface area contributed by atoms with E-state index in [2.05, 4.69) is 14.0 Å². The first-order chi connectivity index (χ1) is 5.99. The summed E-state index contributed by atoms with van der Waals surface area (Å²) in [6.07, 6.45) is 0.0959. The first-order valence-electron chi connectivity index (χ1n) is 3.95. The van der Waals surface area contributed by atoms with Crippen molar-refractivity contribution in [1.82, 2.24) is 5.09 Å². The second-order valence-electron chi connectivity index (χ2n) is 2.92. The van der Waals surface area contributed by atoms with Crippen LogP contribution in [0.25, 0.3) is 0 Å². The lowest BCUT2D eigenvalue weighted by Crippen LogP contribution is -2.30. The molecule has 0 aliphatic heterocycles. The Hall–Kier alpha value is -0.0400. The molecule has 4 nitrogen and oxygen atoms in total. The van der Waals surface area contributed by atoms with Crippen molar-refractivity contribution in [3.8, 4) is 0 Å². The van der Waals surface area contributed by atoms with Crippen molar-refractivity contribution in [2.24, 2.45) is 5.92 Å². The highest BCUT2D eigenvalue weighted by atomic mass is 32.0. The van der Waals surface area contributed by atoms with E-state index in [0.29, 0.717) is 8.42 Å². The molecule has 0 saturated heterocycles. The summed E-state index contributed by atoms with van der Waals surface area (Å²) >= 11 is 0. The lowest BCUT2D eigenvalue weighted by molar-refractivity contribution is -0.143. The van der Waals surface area contributed by atoms with Gasteiger partial charge in [0.1, 0.15) is 0 Å². The summed E-state index contributed by atoms with van der Waals surface area (Å²) in [5, 5.41) is 11.5. The van der Waals surface area contributed by atoms with Crippen LogP contribution in [0.15, 0.2) is 0 Å². The summed E-state index contributed by atoms with van der Waals surface area (Å²) in [5.74, 6) is -1.57. The molecular weight excluding hydrogens is 208 g/mol. The van der Waals surface area contributed by atoms with E-state index in [1.54, 1.807) is 6.92 Å². The second-order valence-corrected chi connectivity index (χ2v) is 4.36. The summed E-state index contributed by atoms with van der Waals surface area (Å²) in [5.41, 5.74) is 0. The number of carboxylic acids is 1. The number of nitrogens with one attached hydrogen (secondary N) is 1. The van der Waals surface area contributed by atoms with Gasteiger partial charge in [-0.05, 0) is 15.3 Å². The van der Waals surface area contributed by atoms with Crippen LogP contribution in [0.4, 0.5) is 0 Å². The van der Waals surface area contributed by atoms with Crippen LogP contribution in [0.5, 0.6) is 0 Å². The van der Waals surface area contributed by atoms with Crippen LogP contribution in [0.3, 0.4) is 0 Å². The third kappa shape index (κ3) is 5.30. The maximum atomic E-state index is 11.3. The monoisotopic (exact) mass is 223 g/mol. The number of Topliss-reactive ketones (excluding diaryl/α,β-unsaturated/α-hetero) is 1. The van der Waals surface area contributed by atoms with Gasteiger partial charge in [0.15, 0.2) is 5.78 Å². The number of hydrogen-bond acceptors (Lipinski definition) is 3. The number of aliphatic carboxylic acids is 1. The molecule has 0 aromatic carbocycles. The lowest BCUT2D eigenvalue weighted by Gasteiger charge is -2.12. The van der Waals surface area contributed by atoms with Gasteiger partial charge in [0.25, 0.3) is 0 Å². The van der Waals surface area contributed by atoms with Gasteiger partial charge < -0.3 is 5.11 Å². The van der Waals surface area contributed by atoms with Gasteiger partial charge >= 0.3 is 5.97 Å². The quantitative estimate of drug-likeness (QED) is 0.660. The summed E-state index contributed by atoms with van der Waals surface area (Å²) in [6.45, 7) is 3.28. The van der Waals surface area contributed by atoms with E-state index >= 15 is 0 Å². The third-order valence-electron chi connectivity index (χ3n) is 1.71. The Balaban J connectivity index is 3.92. The topological polar surface area (TPSA) is 66.4 Å². The van der Waals surface area contributed by atoms with Gasteiger partial charge in [-0.1, -0.05) is 15.9 Å². The number of carboxylic acid groups (broad SMARTS) is 1. The van der Waals surface area contributed by atoms with Gasteiger partial charge in [-0.15, -0.1) is 0 Å².